The van der Waals surface area contributed by atoms with Crippen LogP contribution in [-0.2, 0) is 22.1 Å². The molecule has 0 amide bonds. The zero-order chi connectivity index (χ0) is 18.6. The molecule has 2 atom stereocenters. The third-order valence-corrected chi connectivity index (χ3v) is 5.72. The van der Waals surface area contributed by atoms with Crippen LogP contribution in [0, 0.1) is 0 Å². The van der Waals surface area contributed by atoms with Crippen LogP contribution >= 0.6 is 0 Å². The quantitative estimate of drug-likeness (QED) is 0.798. The van der Waals surface area contributed by atoms with E-state index in [1.54, 1.807) is 11.9 Å². The monoisotopic (exact) mass is 373 g/mol. The normalized spacial score (nSPS) is 22.8. The Morgan fingerprint density at radius 3 is 2.56 bits per heavy atom. The van der Waals surface area contributed by atoms with Gasteiger partial charge in [0.2, 0.25) is 0 Å². The molecule has 0 spiro atoms. The predicted molar refractivity (Wildman–Crippen MR) is 95.9 cm³/mol. The summed E-state index contributed by atoms with van der Waals surface area (Å²) in [4.78, 5) is 1.63. The first kappa shape index (κ1) is 19.8. The molecule has 0 saturated heterocycles. The van der Waals surface area contributed by atoms with Crippen LogP contribution in [0.4, 0.5) is 8.78 Å². The van der Waals surface area contributed by atoms with Crippen LogP contribution < -0.4 is 5.73 Å². The van der Waals surface area contributed by atoms with Crippen molar-refractivity contribution in [3.8, 4) is 0 Å². The molecule has 0 aliphatic carbocycles. The van der Waals surface area contributed by atoms with E-state index in [9.17, 15) is 13.0 Å². The number of hydrogen-bond donors (Lipinski definition) is 1. The Morgan fingerprint density at radius 2 is 2.00 bits per heavy atom. The second-order valence-corrected chi connectivity index (χ2v) is 8.00. The summed E-state index contributed by atoms with van der Waals surface area (Å²) >= 11 is 0. The van der Waals surface area contributed by atoms with E-state index in [-0.39, 0.29) is 12.6 Å². The second-order valence-electron chi connectivity index (χ2n) is 6.79. The summed E-state index contributed by atoms with van der Waals surface area (Å²) in [5, 5.41) is -0.397. The van der Waals surface area contributed by atoms with Crippen molar-refractivity contribution in [3.63, 3.8) is 0 Å². The number of rotatable bonds is 7. The summed E-state index contributed by atoms with van der Waals surface area (Å²) in [5.41, 5.74) is 6.83. The van der Waals surface area contributed by atoms with E-state index in [2.05, 4.69) is 4.40 Å². The summed E-state index contributed by atoms with van der Waals surface area (Å²) < 4.78 is 46.3. The van der Waals surface area contributed by atoms with Gasteiger partial charge in [0.25, 0.3) is 12.4 Å². The Morgan fingerprint density at radius 1 is 1.36 bits per heavy atom. The summed E-state index contributed by atoms with van der Waals surface area (Å²) in [6, 6.07) is 7.73. The highest BCUT2D eigenvalue weighted by atomic mass is 32.2. The number of ether oxygens (including phenoxy) is 1. The zero-order valence-corrected chi connectivity index (χ0v) is 15.6. The van der Waals surface area contributed by atoms with E-state index >= 15 is 0 Å². The number of alkyl halides is 2. The van der Waals surface area contributed by atoms with Crippen molar-refractivity contribution in [1.82, 2.24) is 4.90 Å². The Kier molecular flexibility index (Phi) is 6.51. The molecule has 2 unspecified atom stereocenters. The minimum absolute atomic E-state index is 0.0517. The number of halogens is 2. The molecule has 0 saturated carbocycles. The van der Waals surface area contributed by atoms with E-state index in [0.29, 0.717) is 6.54 Å². The highest BCUT2D eigenvalue weighted by Crippen LogP contribution is 2.37. The Balaban J connectivity index is 1.97. The molecule has 2 rings (SSSR count). The molecule has 140 valence electrons. The van der Waals surface area contributed by atoms with Gasteiger partial charge in [0.15, 0.2) is 11.0 Å². The van der Waals surface area contributed by atoms with Crippen LogP contribution in [0.25, 0.3) is 0 Å². The Labute approximate surface area is 149 Å². The van der Waals surface area contributed by atoms with E-state index in [4.69, 9.17) is 10.5 Å². The van der Waals surface area contributed by atoms with Crippen molar-refractivity contribution in [2.24, 2.45) is 10.1 Å². The van der Waals surface area contributed by atoms with Crippen LogP contribution in [0.3, 0.4) is 0 Å². The topological polar surface area (TPSA) is 67.9 Å². The molecule has 1 aromatic rings. The van der Waals surface area contributed by atoms with Gasteiger partial charge in [0.1, 0.15) is 10.9 Å². The standard InChI is InChI=1S/C17H25F2N3O2S/c1-17(2)15(25(23)21-16(20)24-17)13-8-6-12(7-9-13)5-4-10-22(3)11-14(18)19/h6-9,14-15H,4-5,10-11H2,1-3H3,(H2,20,21). The second kappa shape index (κ2) is 8.23. The lowest BCUT2D eigenvalue weighted by molar-refractivity contribution is 0.0848. The number of amidine groups is 1. The fourth-order valence-corrected chi connectivity index (χ4v) is 4.23. The average Bonchev–Trinajstić information content (AvgIpc) is 2.46. The van der Waals surface area contributed by atoms with Crippen molar-refractivity contribution in [2.75, 3.05) is 20.1 Å². The van der Waals surface area contributed by atoms with Gasteiger partial charge in [0.05, 0.1) is 6.54 Å². The Hall–Kier alpha value is -1.54. The molecule has 0 bridgehead atoms. The third-order valence-electron chi connectivity index (χ3n) is 4.12. The molecule has 1 heterocycles. The fourth-order valence-electron chi connectivity index (χ4n) is 2.98. The summed E-state index contributed by atoms with van der Waals surface area (Å²) in [5.74, 6) is 0. The van der Waals surface area contributed by atoms with Crippen LogP contribution in [0.5, 0.6) is 0 Å². The molecule has 0 fully saturated rings. The Bertz CT molecular complexity index is 635. The number of aryl methyl sites for hydroxylation is 1. The van der Waals surface area contributed by atoms with Gasteiger partial charge >= 0.3 is 0 Å². The lowest BCUT2D eigenvalue weighted by atomic mass is 9.96. The molecular weight excluding hydrogens is 348 g/mol. The smallest absolute Gasteiger partial charge is 0.296 e. The largest absolute Gasteiger partial charge is 0.457 e. The van der Waals surface area contributed by atoms with Crippen LogP contribution in [0.15, 0.2) is 28.7 Å². The van der Waals surface area contributed by atoms with Crippen molar-refractivity contribution >= 4 is 17.0 Å². The first-order valence-corrected chi connectivity index (χ1v) is 9.35. The predicted octanol–water partition coefficient (Wildman–Crippen LogP) is 2.64. The van der Waals surface area contributed by atoms with Gasteiger partial charge in [-0.05, 0) is 51.4 Å². The van der Waals surface area contributed by atoms with Crippen molar-refractivity contribution < 1.29 is 17.7 Å². The van der Waals surface area contributed by atoms with Crippen LogP contribution in [0.1, 0.15) is 36.6 Å². The van der Waals surface area contributed by atoms with E-state index < -0.39 is 28.3 Å². The maximum atomic E-state index is 12.3. The number of benzene rings is 1. The number of nitrogens with two attached hydrogens (primary N) is 1. The molecule has 2 N–H and O–H groups in total. The maximum Gasteiger partial charge on any atom is 0.296 e. The van der Waals surface area contributed by atoms with Crippen molar-refractivity contribution in [2.45, 2.75) is 44.0 Å². The summed E-state index contributed by atoms with van der Waals surface area (Å²) in [6.07, 6.45) is -0.706. The molecule has 1 aliphatic rings. The molecule has 1 aliphatic heterocycles. The van der Waals surface area contributed by atoms with Gasteiger partial charge in [-0.2, -0.15) is 0 Å². The molecule has 5 nitrogen and oxygen atoms in total. The number of hydrogen-bond acceptors (Lipinski definition) is 4. The van der Waals surface area contributed by atoms with Crippen LogP contribution in [0.2, 0.25) is 0 Å². The van der Waals surface area contributed by atoms with Crippen molar-refractivity contribution in [1.29, 1.82) is 0 Å². The molecular formula is C17H25F2N3O2S. The molecule has 25 heavy (non-hydrogen) atoms. The van der Waals surface area contributed by atoms with Crippen molar-refractivity contribution in [3.05, 3.63) is 35.4 Å². The van der Waals surface area contributed by atoms with Crippen LogP contribution in [-0.4, -0.2) is 47.3 Å². The lowest BCUT2D eigenvalue weighted by Gasteiger charge is -2.35. The highest BCUT2D eigenvalue weighted by molar-refractivity contribution is 7.84. The molecule has 1 aromatic carbocycles. The first-order valence-electron chi connectivity index (χ1n) is 8.18. The maximum absolute atomic E-state index is 12.3. The fraction of sp³-hybridized carbons (Fsp3) is 0.588. The zero-order valence-electron chi connectivity index (χ0n) is 14.7. The summed E-state index contributed by atoms with van der Waals surface area (Å²) in [7, 11) is 0.204. The third kappa shape index (κ3) is 5.47. The minimum Gasteiger partial charge on any atom is -0.457 e. The molecule has 0 aromatic heterocycles. The first-order chi connectivity index (χ1) is 11.7. The summed E-state index contributed by atoms with van der Waals surface area (Å²) in [6.45, 7) is 4.09. The lowest BCUT2D eigenvalue weighted by Crippen LogP contribution is -2.43. The SMILES string of the molecule is CN(CCCc1ccc(C2S(=O)N=C(N)OC2(C)C)cc1)CC(F)F. The minimum atomic E-state index is -2.30. The molecule has 8 heteroatoms. The van der Waals surface area contributed by atoms with E-state index in [0.717, 1.165) is 24.0 Å². The molecule has 0 radical (unpaired) electrons. The highest BCUT2D eigenvalue weighted by Gasteiger charge is 2.41. The van der Waals surface area contributed by atoms with Gasteiger partial charge < -0.3 is 15.4 Å². The van der Waals surface area contributed by atoms with Gasteiger partial charge in [-0.3, -0.25) is 0 Å². The van der Waals surface area contributed by atoms with Gasteiger partial charge in [-0.15, -0.1) is 4.40 Å². The average molecular weight is 373 g/mol. The van der Waals surface area contributed by atoms with E-state index in [1.807, 2.05) is 38.1 Å². The van der Waals surface area contributed by atoms with Gasteiger partial charge in [0, 0.05) is 0 Å². The van der Waals surface area contributed by atoms with Gasteiger partial charge in [-0.1, -0.05) is 24.3 Å². The van der Waals surface area contributed by atoms with E-state index in [1.165, 1.54) is 0 Å². The van der Waals surface area contributed by atoms with Gasteiger partial charge in [-0.25, -0.2) is 13.0 Å². The number of nitrogens with zero attached hydrogens (tertiary/aromatic N) is 2.